The van der Waals surface area contributed by atoms with Crippen LogP contribution in [0.3, 0.4) is 0 Å². The molecule has 0 saturated carbocycles. The Morgan fingerprint density at radius 2 is 1.90 bits per heavy atom. The van der Waals surface area contributed by atoms with Gasteiger partial charge in [-0.2, -0.15) is 0 Å². The van der Waals surface area contributed by atoms with Crippen molar-refractivity contribution in [3.05, 3.63) is 64.7 Å². The lowest BCUT2D eigenvalue weighted by molar-refractivity contribution is 0.570. The smallest absolute Gasteiger partial charge is 0.0498 e. The van der Waals surface area contributed by atoms with Crippen LogP contribution in [-0.2, 0) is 0 Å². The van der Waals surface area contributed by atoms with Gasteiger partial charge in [0.2, 0.25) is 0 Å². The van der Waals surface area contributed by atoms with Crippen molar-refractivity contribution in [2.24, 2.45) is 0 Å². The zero-order chi connectivity index (χ0) is 14.7. The molecule has 1 aliphatic heterocycles. The molecule has 1 fully saturated rings. The Hall–Kier alpha value is -1.51. The van der Waals surface area contributed by atoms with Gasteiger partial charge in [0.05, 0.1) is 0 Å². The van der Waals surface area contributed by atoms with Gasteiger partial charge in [-0.3, -0.25) is 0 Å². The molecule has 1 N–H and O–H groups in total. The number of nitrogens with one attached hydrogen (secondary N) is 1. The van der Waals surface area contributed by atoms with Crippen LogP contribution >= 0.6 is 11.6 Å². The predicted octanol–water partition coefficient (Wildman–Crippen LogP) is 4.19. The average molecular weight is 301 g/mol. The van der Waals surface area contributed by atoms with E-state index in [9.17, 15) is 0 Å². The van der Waals surface area contributed by atoms with Crippen LogP contribution in [0.4, 0.5) is 5.69 Å². The Labute approximate surface area is 131 Å². The maximum Gasteiger partial charge on any atom is 0.0498 e. The summed E-state index contributed by atoms with van der Waals surface area (Å²) in [5.74, 6) is 0. The first-order valence-corrected chi connectivity index (χ1v) is 7.92. The van der Waals surface area contributed by atoms with E-state index in [4.69, 9.17) is 11.6 Å². The molecule has 1 heterocycles. The Bertz CT molecular complexity index is 597. The second kappa shape index (κ2) is 6.50. The molecule has 0 radical (unpaired) electrons. The first kappa shape index (κ1) is 14.4. The molecule has 110 valence electrons. The Morgan fingerprint density at radius 3 is 2.71 bits per heavy atom. The fourth-order valence-corrected chi connectivity index (χ4v) is 3.16. The van der Waals surface area contributed by atoms with Crippen LogP contribution < -0.4 is 10.2 Å². The first-order chi connectivity index (χ1) is 10.3. The molecule has 3 heteroatoms. The topological polar surface area (TPSA) is 15.3 Å². The monoisotopic (exact) mass is 300 g/mol. The van der Waals surface area contributed by atoms with Crippen LogP contribution in [0, 0.1) is 6.92 Å². The van der Waals surface area contributed by atoms with Crippen LogP contribution in [0.5, 0.6) is 0 Å². The lowest BCUT2D eigenvalue weighted by Crippen LogP contribution is -2.31. The molecule has 2 nitrogen and oxygen atoms in total. The molecule has 0 aromatic heterocycles. The van der Waals surface area contributed by atoms with Crippen molar-refractivity contribution in [3.8, 4) is 0 Å². The third kappa shape index (κ3) is 3.22. The Morgan fingerprint density at radius 1 is 1.10 bits per heavy atom. The molecule has 1 atom stereocenters. The van der Waals surface area contributed by atoms with Crippen LogP contribution in [0.1, 0.15) is 23.6 Å². The van der Waals surface area contributed by atoms with Gasteiger partial charge in [-0.15, -0.1) is 0 Å². The van der Waals surface area contributed by atoms with E-state index in [0.717, 1.165) is 31.1 Å². The first-order valence-electron chi connectivity index (χ1n) is 7.54. The Kier molecular flexibility index (Phi) is 4.47. The minimum atomic E-state index is 0.368. The number of nitrogens with zero attached hydrogens (tertiary/aromatic N) is 1. The van der Waals surface area contributed by atoms with Gasteiger partial charge < -0.3 is 10.2 Å². The summed E-state index contributed by atoms with van der Waals surface area (Å²) >= 11 is 6.28. The lowest BCUT2D eigenvalue weighted by atomic mass is 10.1. The predicted molar refractivity (Wildman–Crippen MR) is 90.2 cm³/mol. The van der Waals surface area contributed by atoms with Gasteiger partial charge in [-0.1, -0.05) is 48.0 Å². The maximum absolute atomic E-state index is 6.28. The third-order valence-corrected chi connectivity index (χ3v) is 4.59. The maximum atomic E-state index is 6.28. The average Bonchev–Trinajstić information content (AvgIpc) is 2.77. The highest BCUT2D eigenvalue weighted by Crippen LogP contribution is 2.29. The zero-order valence-corrected chi connectivity index (χ0v) is 13.1. The number of hydrogen-bond donors (Lipinski definition) is 1. The fourth-order valence-electron chi connectivity index (χ4n) is 2.99. The summed E-state index contributed by atoms with van der Waals surface area (Å²) in [4.78, 5) is 2.46. The van der Waals surface area contributed by atoms with Crippen molar-refractivity contribution in [2.45, 2.75) is 19.4 Å². The largest absolute Gasteiger partial charge is 0.369 e. The molecule has 0 bridgehead atoms. The second-order valence-corrected chi connectivity index (χ2v) is 6.01. The molecule has 0 spiro atoms. The van der Waals surface area contributed by atoms with E-state index in [2.05, 4.69) is 53.5 Å². The standard InChI is InChI=1S/C18H21ClN2/c1-14-16(19)9-5-10-18(14)21-12-6-11-20-17(13-21)15-7-3-2-4-8-15/h2-5,7-10,17,20H,6,11-13H2,1H3. The Balaban J connectivity index is 1.87. The summed E-state index contributed by atoms with van der Waals surface area (Å²) < 4.78 is 0. The van der Waals surface area contributed by atoms with Crippen molar-refractivity contribution in [1.82, 2.24) is 5.32 Å². The van der Waals surface area contributed by atoms with Crippen LogP contribution in [0.25, 0.3) is 0 Å². The van der Waals surface area contributed by atoms with Gasteiger partial charge in [0.1, 0.15) is 0 Å². The molecule has 0 amide bonds. The van der Waals surface area contributed by atoms with Crippen molar-refractivity contribution in [1.29, 1.82) is 0 Å². The number of anilines is 1. The van der Waals surface area contributed by atoms with Gasteiger partial charge >= 0.3 is 0 Å². The van der Waals surface area contributed by atoms with Gasteiger partial charge in [0.25, 0.3) is 0 Å². The van der Waals surface area contributed by atoms with E-state index >= 15 is 0 Å². The number of hydrogen-bond acceptors (Lipinski definition) is 2. The van der Waals surface area contributed by atoms with Gasteiger partial charge in [0.15, 0.2) is 0 Å². The van der Waals surface area contributed by atoms with E-state index in [1.54, 1.807) is 0 Å². The second-order valence-electron chi connectivity index (χ2n) is 5.60. The summed E-state index contributed by atoms with van der Waals surface area (Å²) in [7, 11) is 0. The molecule has 1 saturated heterocycles. The van der Waals surface area contributed by atoms with Crippen molar-refractivity contribution < 1.29 is 0 Å². The number of benzene rings is 2. The molecule has 21 heavy (non-hydrogen) atoms. The minimum Gasteiger partial charge on any atom is -0.369 e. The van der Waals surface area contributed by atoms with Crippen LogP contribution in [0.2, 0.25) is 5.02 Å². The van der Waals surface area contributed by atoms with E-state index in [1.807, 2.05) is 12.1 Å². The molecular formula is C18H21ClN2. The highest BCUT2D eigenvalue weighted by molar-refractivity contribution is 6.31. The van der Waals surface area contributed by atoms with Gasteiger partial charge in [0, 0.05) is 29.8 Å². The van der Waals surface area contributed by atoms with E-state index in [1.165, 1.54) is 16.8 Å². The zero-order valence-electron chi connectivity index (χ0n) is 12.3. The summed E-state index contributed by atoms with van der Waals surface area (Å²) in [6.07, 6.45) is 1.15. The van der Waals surface area contributed by atoms with Gasteiger partial charge in [-0.25, -0.2) is 0 Å². The summed E-state index contributed by atoms with van der Waals surface area (Å²) in [6.45, 7) is 5.20. The van der Waals surface area contributed by atoms with E-state index in [0.29, 0.717) is 6.04 Å². The fraction of sp³-hybridized carbons (Fsp3) is 0.333. The van der Waals surface area contributed by atoms with Crippen molar-refractivity contribution in [3.63, 3.8) is 0 Å². The highest BCUT2D eigenvalue weighted by Gasteiger charge is 2.20. The third-order valence-electron chi connectivity index (χ3n) is 4.18. The van der Waals surface area contributed by atoms with Crippen LogP contribution in [0.15, 0.2) is 48.5 Å². The molecule has 1 aliphatic rings. The molecule has 3 rings (SSSR count). The lowest BCUT2D eigenvalue weighted by Gasteiger charge is -2.28. The minimum absolute atomic E-state index is 0.368. The molecular weight excluding hydrogens is 280 g/mol. The van der Waals surface area contributed by atoms with Crippen LogP contribution in [-0.4, -0.2) is 19.6 Å². The summed E-state index contributed by atoms with van der Waals surface area (Å²) in [5, 5.41) is 4.51. The summed E-state index contributed by atoms with van der Waals surface area (Å²) in [5.41, 5.74) is 3.78. The SMILES string of the molecule is Cc1c(Cl)cccc1N1CCCNC(c2ccccc2)C1. The highest BCUT2D eigenvalue weighted by atomic mass is 35.5. The molecule has 1 unspecified atom stereocenters. The normalized spacial score (nSPS) is 19.3. The number of halogens is 1. The quantitative estimate of drug-likeness (QED) is 0.894. The van der Waals surface area contributed by atoms with Crippen molar-refractivity contribution in [2.75, 3.05) is 24.5 Å². The van der Waals surface area contributed by atoms with Gasteiger partial charge in [-0.05, 0) is 43.1 Å². The van der Waals surface area contributed by atoms with Crippen molar-refractivity contribution >= 4 is 17.3 Å². The molecule has 2 aromatic carbocycles. The molecule has 2 aromatic rings. The molecule has 0 aliphatic carbocycles. The number of rotatable bonds is 2. The van der Waals surface area contributed by atoms with E-state index in [-0.39, 0.29) is 0 Å². The van der Waals surface area contributed by atoms with E-state index < -0.39 is 0 Å². The summed E-state index contributed by atoms with van der Waals surface area (Å²) in [6, 6.07) is 17.2.